The second-order valence-electron chi connectivity index (χ2n) is 3.34. The maximum atomic E-state index is 11.0. The molecule has 0 aliphatic carbocycles. The van der Waals surface area contributed by atoms with E-state index in [1.54, 1.807) is 0 Å². The summed E-state index contributed by atoms with van der Waals surface area (Å²) < 4.78 is 4.94. The van der Waals surface area contributed by atoms with E-state index in [0.717, 1.165) is 5.75 Å². The largest absolute Gasteiger partial charge is 0.462 e. The van der Waals surface area contributed by atoms with Crippen LogP contribution in [0.5, 0.6) is 0 Å². The Morgan fingerprint density at radius 1 is 1.46 bits per heavy atom. The quantitative estimate of drug-likeness (QED) is 0.665. The van der Waals surface area contributed by atoms with E-state index < -0.39 is 0 Å². The molecule has 0 saturated carbocycles. The first-order chi connectivity index (χ1) is 6.06. The molecule has 0 rings (SSSR count). The average Bonchev–Trinajstić information content (AvgIpc) is 2.02. The van der Waals surface area contributed by atoms with Gasteiger partial charge >= 0.3 is 5.97 Å². The zero-order valence-electron chi connectivity index (χ0n) is 8.45. The van der Waals surface area contributed by atoms with Gasteiger partial charge in [-0.3, -0.25) is 4.79 Å². The molecule has 0 fully saturated rings. The lowest BCUT2D eigenvalue weighted by atomic mass is 10.2. The van der Waals surface area contributed by atoms with Gasteiger partial charge in [0.1, 0.15) is 0 Å². The van der Waals surface area contributed by atoms with Crippen LogP contribution in [0.1, 0.15) is 20.8 Å². The molecule has 1 unspecified atom stereocenters. The second kappa shape index (κ2) is 7.21. The lowest BCUT2D eigenvalue weighted by molar-refractivity contribution is -0.144. The van der Waals surface area contributed by atoms with E-state index in [1.807, 2.05) is 20.8 Å². The Morgan fingerprint density at radius 2 is 2.08 bits per heavy atom. The zero-order valence-corrected chi connectivity index (χ0v) is 9.26. The normalized spacial score (nSPS) is 13.0. The molecule has 1 atom stereocenters. The lowest BCUT2D eigenvalue weighted by Gasteiger charge is -2.09. The maximum Gasteiger partial charge on any atom is 0.316 e. The highest BCUT2D eigenvalue weighted by Gasteiger charge is 2.06. The van der Waals surface area contributed by atoms with Crippen LogP contribution in [0, 0.1) is 5.92 Å². The molecule has 0 saturated heterocycles. The number of aliphatic hydroxyl groups is 1. The number of carbonyl (C=O) groups excluding carboxylic acids is 1. The molecule has 0 amide bonds. The Balaban J connectivity index is 3.37. The van der Waals surface area contributed by atoms with Crippen LogP contribution >= 0.6 is 11.8 Å². The molecular formula is C9H18O3S. The van der Waals surface area contributed by atoms with Crippen molar-refractivity contribution in [2.24, 2.45) is 5.92 Å². The summed E-state index contributed by atoms with van der Waals surface area (Å²) in [6.45, 7) is 5.78. The Kier molecular flexibility index (Phi) is 7.09. The molecule has 0 aromatic heterocycles. The predicted octanol–water partition coefficient (Wildman–Crippen LogP) is 1.30. The summed E-state index contributed by atoms with van der Waals surface area (Å²) in [7, 11) is 0. The summed E-state index contributed by atoms with van der Waals surface area (Å²) in [5.41, 5.74) is 0. The van der Waals surface area contributed by atoms with Crippen molar-refractivity contribution >= 4 is 17.7 Å². The van der Waals surface area contributed by atoms with Crippen molar-refractivity contribution < 1.29 is 14.6 Å². The highest BCUT2D eigenvalue weighted by atomic mass is 32.2. The molecule has 13 heavy (non-hydrogen) atoms. The van der Waals surface area contributed by atoms with Gasteiger partial charge in [0.05, 0.1) is 11.9 Å². The summed E-state index contributed by atoms with van der Waals surface area (Å²) in [5, 5.41) is 8.72. The summed E-state index contributed by atoms with van der Waals surface area (Å²) >= 11 is 1.50. The van der Waals surface area contributed by atoms with Gasteiger partial charge in [-0.15, -0.1) is 11.8 Å². The third kappa shape index (κ3) is 8.12. The molecule has 3 nitrogen and oxygen atoms in total. The van der Waals surface area contributed by atoms with E-state index in [1.165, 1.54) is 11.8 Å². The van der Waals surface area contributed by atoms with Gasteiger partial charge in [-0.1, -0.05) is 6.92 Å². The number of hydrogen-bond acceptors (Lipinski definition) is 4. The highest BCUT2D eigenvalue weighted by Crippen LogP contribution is 2.08. The van der Waals surface area contributed by atoms with Crippen LogP contribution in [0.2, 0.25) is 0 Å². The van der Waals surface area contributed by atoms with Crippen LogP contribution < -0.4 is 0 Å². The molecule has 4 heteroatoms. The predicted molar refractivity (Wildman–Crippen MR) is 54.8 cm³/mol. The van der Waals surface area contributed by atoms with Crippen molar-refractivity contribution in [3.05, 3.63) is 0 Å². The molecular weight excluding hydrogens is 188 g/mol. The first-order valence-electron chi connectivity index (χ1n) is 4.44. The van der Waals surface area contributed by atoms with Crippen molar-refractivity contribution in [1.82, 2.24) is 0 Å². The molecule has 0 aliphatic heterocycles. The fourth-order valence-electron chi connectivity index (χ4n) is 0.693. The molecule has 0 spiro atoms. The molecule has 0 heterocycles. The van der Waals surface area contributed by atoms with Gasteiger partial charge in [-0.2, -0.15) is 0 Å². The van der Waals surface area contributed by atoms with E-state index in [9.17, 15) is 4.79 Å². The standard InChI is InChI=1S/C9H18O3S/c1-7(2)12-9(11)6-13-5-8(3)4-10/h7-8,10H,4-6H2,1-3H3. The van der Waals surface area contributed by atoms with Gasteiger partial charge in [0.15, 0.2) is 0 Å². The summed E-state index contributed by atoms with van der Waals surface area (Å²) in [6, 6.07) is 0. The van der Waals surface area contributed by atoms with Crippen LogP contribution in [-0.4, -0.2) is 35.3 Å². The second-order valence-corrected chi connectivity index (χ2v) is 4.37. The fraction of sp³-hybridized carbons (Fsp3) is 0.889. The summed E-state index contributed by atoms with van der Waals surface area (Å²) in [6.07, 6.45) is -0.0386. The number of carbonyl (C=O) groups is 1. The van der Waals surface area contributed by atoms with Gasteiger partial charge in [-0.25, -0.2) is 0 Å². The number of aliphatic hydroxyl groups excluding tert-OH is 1. The first kappa shape index (κ1) is 12.8. The summed E-state index contributed by atoms with van der Waals surface area (Å²) in [5.74, 6) is 1.24. The van der Waals surface area contributed by atoms with E-state index in [2.05, 4.69) is 0 Å². The molecule has 78 valence electrons. The minimum absolute atomic E-state index is 0.0386. The van der Waals surface area contributed by atoms with E-state index in [-0.39, 0.29) is 24.6 Å². The van der Waals surface area contributed by atoms with Crippen molar-refractivity contribution in [3.8, 4) is 0 Å². The van der Waals surface area contributed by atoms with Crippen LogP contribution in [0.15, 0.2) is 0 Å². The van der Waals surface area contributed by atoms with Gasteiger partial charge in [0.25, 0.3) is 0 Å². The molecule has 0 aliphatic rings. The Bertz CT molecular complexity index is 148. The van der Waals surface area contributed by atoms with Crippen molar-refractivity contribution in [3.63, 3.8) is 0 Å². The number of thioether (sulfide) groups is 1. The average molecular weight is 206 g/mol. The first-order valence-corrected chi connectivity index (χ1v) is 5.59. The Hall–Kier alpha value is -0.220. The maximum absolute atomic E-state index is 11.0. The topological polar surface area (TPSA) is 46.5 Å². The van der Waals surface area contributed by atoms with Crippen molar-refractivity contribution in [2.75, 3.05) is 18.1 Å². The van der Waals surface area contributed by atoms with Crippen LogP contribution in [0.25, 0.3) is 0 Å². The van der Waals surface area contributed by atoms with E-state index >= 15 is 0 Å². The third-order valence-corrected chi connectivity index (χ3v) is 2.55. The van der Waals surface area contributed by atoms with Crippen molar-refractivity contribution in [1.29, 1.82) is 0 Å². The van der Waals surface area contributed by atoms with Gasteiger partial charge in [0.2, 0.25) is 0 Å². The SMILES string of the molecule is CC(CO)CSCC(=O)OC(C)C. The fourth-order valence-corrected chi connectivity index (χ4v) is 1.55. The van der Waals surface area contributed by atoms with Crippen molar-refractivity contribution in [2.45, 2.75) is 26.9 Å². The summed E-state index contributed by atoms with van der Waals surface area (Å²) in [4.78, 5) is 11.0. The monoisotopic (exact) mass is 206 g/mol. The van der Waals surface area contributed by atoms with Crippen LogP contribution in [-0.2, 0) is 9.53 Å². The Morgan fingerprint density at radius 3 is 2.54 bits per heavy atom. The molecule has 0 radical (unpaired) electrons. The van der Waals surface area contributed by atoms with E-state index in [4.69, 9.17) is 9.84 Å². The zero-order chi connectivity index (χ0) is 10.3. The number of ether oxygens (including phenoxy) is 1. The van der Waals surface area contributed by atoms with Crippen LogP contribution in [0.3, 0.4) is 0 Å². The van der Waals surface area contributed by atoms with Crippen LogP contribution in [0.4, 0.5) is 0 Å². The number of rotatable bonds is 6. The molecule has 1 N–H and O–H groups in total. The van der Waals surface area contributed by atoms with Gasteiger partial charge in [-0.05, 0) is 25.5 Å². The molecule has 0 bridgehead atoms. The smallest absolute Gasteiger partial charge is 0.316 e. The third-order valence-electron chi connectivity index (χ3n) is 1.30. The molecule has 0 aromatic rings. The Labute approximate surface area is 83.9 Å². The number of hydrogen-bond donors (Lipinski definition) is 1. The number of esters is 1. The van der Waals surface area contributed by atoms with E-state index in [0.29, 0.717) is 5.75 Å². The van der Waals surface area contributed by atoms with Gasteiger partial charge < -0.3 is 9.84 Å². The minimum atomic E-state index is -0.176. The van der Waals surface area contributed by atoms with Gasteiger partial charge in [0, 0.05) is 6.61 Å². The highest BCUT2D eigenvalue weighted by molar-refractivity contribution is 7.99. The lowest BCUT2D eigenvalue weighted by Crippen LogP contribution is -2.14. The minimum Gasteiger partial charge on any atom is -0.462 e. The molecule has 0 aromatic carbocycles.